The fraction of sp³-hybridized carbons (Fsp3) is 0.227. The van der Waals surface area contributed by atoms with E-state index in [4.69, 9.17) is 4.74 Å². The second kappa shape index (κ2) is 9.05. The van der Waals surface area contributed by atoms with E-state index in [9.17, 15) is 13.6 Å². The summed E-state index contributed by atoms with van der Waals surface area (Å²) in [6.45, 7) is 3.14. The first kappa shape index (κ1) is 20.8. The van der Waals surface area contributed by atoms with Gasteiger partial charge in [-0.1, -0.05) is 18.2 Å². The maximum absolute atomic E-state index is 12.6. The zero-order chi connectivity index (χ0) is 21.0. The van der Waals surface area contributed by atoms with Crippen LogP contribution in [0, 0.1) is 20.8 Å². The lowest BCUT2D eigenvalue weighted by Gasteiger charge is -2.12. The van der Waals surface area contributed by atoms with Crippen molar-refractivity contribution in [1.29, 1.82) is 0 Å². The third-order valence-corrected chi connectivity index (χ3v) is 5.19. The van der Waals surface area contributed by atoms with Gasteiger partial charge in [-0.05, 0) is 67.1 Å². The molecule has 3 aromatic rings. The van der Waals surface area contributed by atoms with Crippen molar-refractivity contribution >= 4 is 22.9 Å². The number of aryl methyl sites for hydroxylation is 3. The second-order valence-electron chi connectivity index (χ2n) is 6.71. The Labute approximate surface area is 172 Å². The lowest BCUT2D eigenvalue weighted by atomic mass is 10.1. The summed E-state index contributed by atoms with van der Waals surface area (Å²) in [4.78, 5) is 13.0. The number of ether oxygens (including phenoxy) is 2. The zero-order valence-corrected chi connectivity index (χ0v) is 17.1. The number of anilines is 1. The smallest absolute Gasteiger partial charge is 0.387 e. The second-order valence-corrected chi connectivity index (χ2v) is 7.62. The molecule has 1 amide bonds. The van der Waals surface area contributed by atoms with E-state index in [-0.39, 0.29) is 11.4 Å². The van der Waals surface area contributed by atoms with Crippen molar-refractivity contribution in [3.63, 3.8) is 0 Å². The molecule has 0 saturated heterocycles. The van der Waals surface area contributed by atoms with Crippen LogP contribution in [0.2, 0.25) is 0 Å². The van der Waals surface area contributed by atoms with Gasteiger partial charge in [0.1, 0.15) is 18.1 Å². The molecular weight excluding hydrogens is 396 g/mol. The van der Waals surface area contributed by atoms with Gasteiger partial charge in [-0.3, -0.25) is 4.79 Å². The fourth-order valence-electron chi connectivity index (χ4n) is 2.72. The number of alkyl halides is 2. The van der Waals surface area contributed by atoms with Crippen molar-refractivity contribution in [3.8, 4) is 11.5 Å². The first-order valence-corrected chi connectivity index (χ1v) is 9.84. The van der Waals surface area contributed by atoms with Gasteiger partial charge in [0.05, 0.1) is 10.6 Å². The molecule has 3 rings (SSSR count). The van der Waals surface area contributed by atoms with Gasteiger partial charge in [0.25, 0.3) is 5.91 Å². The molecule has 0 aliphatic carbocycles. The molecule has 4 nitrogen and oxygen atoms in total. The molecule has 0 bridgehead atoms. The third-order valence-electron chi connectivity index (χ3n) is 4.21. The molecule has 0 aliphatic rings. The molecule has 0 unspecified atom stereocenters. The highest BCUT2D eigenvalue weighted by molar-refractivity contribution is 7.12. The summed E-state index contributed by atoms with van der Waals surface area (Å²) < 4.78 is 35.5. The van der Waals surface area contributed by atoms with Gasteiger partial charge in [-0.2, -0.15) is 8.78 Å². The highest BCUT2D eigenvalue weighted by Gasteiger charge is 2.15. The molecule has 29 heavy (non-hydrogen) atoms. The molecular formula is C22H21F2NO3S. The monoisotopic (exact) mass is 417 g/mol. The first-order chi connectivity index (χ1) is 13.8. The normalized spacial score (nSPS) is 10.8. The lowest BCUT2D eigenvalue weighted by molar-refractivity contribution is -0.0493. The molecule has 0 aliphatic heterocycles. The van der Waals surface area contributed by atoms with Gasteiger partial charge in [0.2, 0.25) is 0 Å². The van der Waals surface area contributed by atoms with Crippen molar-refractivity contribution in [2.45, 2.75) is 34.0 Å². The number of carbonyl (C=O) groups excluding carboxylic acids is 1. The van der Waals surface area contributed by atoms with Crippen LogP contribution in [-0.4, -0.2) is 12.5 Å². The Morgan fingerprint density at radius 3 is 2.52 bits per heavy atom. The van der Waals surface area contributed by atoms with Gasteiger partial charge >= 0.3 is 6.61 Å². The Morgan fingerprint density at radius 2 is 1.76 bits per heavy atom. The number of carbonyl (C=O) groups is 1. The average Bonchev–Trinajstić information content (AvgIpc) is 3.13. The van der Waals surface area contributed by atoms with Crippen molar-refractivity contribution in [2.75, 3.05) is 5.32 Å². The van der Waals surface area contributed by atoms with Gasteiger partial charge in [0, 0.05) is 5.56 Å². The summed E-state index contributed by atoms with van der Waals surface area (Å²) >= 11 is 1.26. The lowest BCUT2D eigenvalue weighted by Crippen LogP contribution is -2.13. The SMILES string of the molecule is Cc1ccc(OC(F)F)c(NC(=O)c2cc(COc3cc(C)ccc3C)cs2)c1. The summed E-state index contributed by atoms with van der Waals surface area (Å²) in [6, 6.07) is 12.4. The largest absolute Gasteiger partial charge is 0.489 e. The van der Waals surface area contributed by atoms with Crippen LogP contribution < -0.4 is 14.8 Å². The molecule has 0 fully saturated rings. The molecule has 0 spiro atoms. The maximum Gasteiger partial charge on any atom is 0.387 e. The summed E-state index contributed by atoms with van der Waals surface area (Å²) in [5.41, 5.74) is 4.02. The Balaban J connectivity index is 1.68. The van der Waals surface area contributed by atoms with Gasteiger partial charge in [-0.15, -0.1) is 11.3 Å². The topological polar surface area (TPSA) is 47.6 Å². The molecule has 1 aromatic heterocycles. The highest BCUT2D eigenvalue weighted by atomic mass is 32.1. The van der Waals surface area contributed by atoms with Crippen molar-refractivity contribution in [2.24, 2.45) is 0 Å². The van der Waals surface area contributed by atoms with Crippen LogP contribution in [0.4, 0.5) is 14.5 Å². The van der Waals surface area contributed by atoms with Crippen LogP contribution in [-0.2, 0) is 6.61 Å². The Morgan fingerprint density at radius 1 is 1.03 bits per heavy atom. The van der Waals surface area contributed by atoms with Crippen LogP contribution in [0.25, 0.3) is 0 Å². The minimum atomic E-state index is -2.97. The van der Waals surface area contributed by atoms with Gasteiger partial charge in [0.15, 0.2) is 0 Å². The van der Waals surface area contributed by atoms with E-state index in [0.717, 1.165) is 28.0 Å². The van der Waals surface area contributed by atoms with Crippen molar-refractivity contribution in [3.05, 3.63) is 75.0 Å². The standard InChI is InChI=1S/C22H21F2NO3S/c1-13-5-7-18(28-22(23)24)17(8-13)25-21(26)20-10-16(12-29-20)11-27-19-9-14(2)4-6-15(19)3/h4-10,12,22H,11H2,1-3H3,(H,25,26). The predicted molar refractivity (Wildman–Crippen MR) is 110 cm³/mol. The highest BCUT2D eigenvalue weighted by Crippen LogP contribution is 2.29. The first-order valence-electron chi connectivity index (χ1n) is 8.96. The molecule has 0 atom stereocenters. The summed E-state index contributed by atoms with van der Waals surface area (Å²) in [7, 11) is 0. The third kappa shape index (κ3) is 5.54. The molecule has 2 aromatic carbocycles. The molecule has 0 radical (unpaired) electrons. The number of hydrogen-bond donors (Lipinski definition) is 1. The van der Waals surface area contributed by atoms with Gasteiger partial charge in [-0.25, -0.2) is 0 Å². The van der Waals surface area contributed by atoms with Crippen LogP contribution >= 0.6 is 11.3 Å². The van der Waals surface area contributed by atoms with Crippen LogP contribution in [0.15, 0.2) is 47.8 Å². The summed E-state index contributed by atoms with van der Waals surface area (Å²) in [5.74, 6) is 0.336. The number of nitrogens with one attached hydrogen (secondary N) is 1. The van der Waals surface area contributed by atoms with Crippen molar-refractivity contribution in [1.82, 2.24) is 0 Å². The number of halogens is 2. The minimum Gasteiger partial charge on any atom is -0.489 e. The Hall–Kier alpha value is -2.93. The van der Waals surface area contributed by atoms with E-state index in [1.54, 1.807) is 25.1 Å². The van der Waals surface area contributed by atoms with Crippen LogP contribution in [0.3, 0.4) is 0 Å². The number of hydrogen-bond acceptors (Lipinski definition) is 4. The molecule has 1 N–H and O–H groups in total. The average molecular weight is 417 g/mol. The van der Waals surface area contributed by atoms with Crippen LogP contribution in [0.5, 0.6) is 11.5 Å². The quantitative estimate of drug-likeness (QED) is 0.505. The number of thiophene rings is 1. The van der Waals surface area contributed by atoms with Crippen LogP contribution in [0.1, 0.15) is 31.9 Å². The maximum atomic E-state index is 12.6. The summed E-state index contributed by atoms with van der Waals surface area (Å²) in [5, 5.41) is 4.49. The Kier molecular flexibility index (Phi) is 6.49. The van der Waals surface area contributed by atoms with E-state index >= 15 is 0 Å². The fourth-order valence-corrected chi connectivity index (χ4v) is 3.51. The Bertz CT molecular complexity index is 1020. The molecule has 0 saturated carbocycles. The van der Waals surface area contributed by atoms with Gasteiger partial charge < -0.3 is 14.8 Å². The predicted octanol–water partition coefficient (Wildman–Crippen LogP) is 6.11. The van der Waals surface area contributed by atoms with Crippen molar-refractivity contribution < 1.29 is 23.0 Å². The van der Waals surface area contributed by atoms with E-state index in [2.05, 4.69) is 10.1 Å². The minimum absolute atomic E-state index is 0.0750. The molecule has 1 heterocycles. The molecule has 7 heteroatoms. The molecule has 152 valence electrons. The van der Waals surface area contributed by atoms with E-state index in [1.807, 2.05) is 37.4 Å². The van der Waals surface area contributed by atoms with E-state index in [0.29, 0.717) is 11.5 Å². The van der Waals surface area contributed by atoms with E-state index in [1.165, 1.54) is 17.4 Å². The van der Waals surface area contributed by atoms with E-state index < -0.39 is 12.5 Å². The number of amides is 1. The number of rotatable bonds is 7. The number of benzene rings is 2. The summed E-state index contributed by atoms with van der Waals surface area (Å²) in [6.07, 6.45) is 0. The zero-order valence-electron chi connectivity index (χ0n) is 16.3.